The highest BCUT2D eigenvalue weighted by Gasteiger charge is 2.65. The highest BCUT2D eigenvalue weighted by Crippen LogP contribution is 2.64. The summed E-state index contributed by atoms with van der Waals surface area (Å²) in [5, 5.41) is 0. The lowest BCUT2D eigenvalue weighted by atomic mass is 9.70. The summed E-state index contributed by atoms with van der Waals surface area (Å²) in [6.45, 7) is 8.69. The van der Waals surface area contributed by atoms with Crippen molar-refractivity contribution in [2.45, 2.75) is 53.0 Å². The second-order valence-corrected chi connectivity index (χ2v) is 11.6. The second kappa shape index (κ2) is 6.74. The molecule has 2 bridgehead atoms. The van der Waals surface area contributed by atoms with E-state index in [1.807, 2.05) is 11.8 Å². The van der Waals surface area contributed by atoms with E-state index in [4.69, 9.17) is 0 Å². The van der Waals surface area contributed by atoms with Crippen LogP contribution in [0.4, 0.5) is 10.2 Å². The monoisotopic (exact) mass is 423 g/mol. The number of nitrogens with zero attached hydrogens (tertiary/aromatic N) is 3. The van der Waals surface area contributed by atoms with Crippen molar-refractivity contribution in [3.05, 3.63) is 23.6 Å². The van der Waals surface area contributed by atoms with Crippen LogP contribution in [0.1, 0.15) is 45.6 Å². The Hall–Kier alpha value is -1.54. The quantitative estimate of drug-likeness (QED) is 0.745. The molecule has 2 saturated carbocycles. The molecule has 3 aliphatic rings. The molecule has 2 heterocycles. The molecule has 2 unspecified atom stereocenters. The number of aryl methyl sites for hydroxylation is 1. The first kappa shape index (κ1) is 20.7. The largest absolute Gasteiger partial charge is 0.349 e. The lowest BCUT2D eigenvalue weighted by Gasteiger charge is -2.42. The van der Waals surface area contributed by atoms with Crippen LogP contribution in [-0.2, 0) is 14.8 Å². The van der Waals surface area contributed by atoms with Crippen LogP contribution in [0.25, 0.3) is 0 Å². The summed E-state index contributed by atoms with van der Waals surface area (Å²) in [6, 6.07) is 1.24. The average molecular weight is 424 g/mol. The second-order valence-electron chi connectivity index (χ2n) is 9.64. The summed E-state index contributed by atoms with van der Waals surface area (Å²) in [5.74, 6) is 0.176. The van der Waals surface area contributed by atoms with E-state index in [9.17, 15) is 17.6 Å². The van der Waals surface area contributed by atoms with Crippen molar-refractivity contribution in [1.29, 1.82) is 0 Å². The number of pyridine rings is 1. The van der Waals surface area contributed by atoms with Gasteiger partial charge in [-0.25, -0.2) is 17.8 Å². The molecule has 0 spiro atoms. The Labute approximate surface area is 172 Å². The molecular weight excluding hydrogens is 393 g/mol. The highest BCUT2D eigenvalue weighted by atomic mass is 32.2. The molecule has 160 valence electrons. The SMILES string of the molecule is Cc1cnc(N2CCN(S(=O)(=O)CC34CCC(CC3=O)C4(C)C)C[C@@H]2C)c(F)c1. The zero-order valence-corrected chi connectivity index (χ0v) is 18.4. The summed E-state index contributed by atoms with van der Waals surface area (Å²) in [6.07, 6.45) is 3.72. The number of Topliss-reactive ketones (excluding diaryl/α,β-unsaturated/α-hetero) is 1. The molecule has 2 aliphatic carbocycles. The van der Waals surface area contributed by atoms with E-state index in [0.29, 0.717) is 19.4 Å². The van der Waals surface area contributed by atoms with Crippen LogP contribution >= 0.6 is 0 Å². The number of carbonyl (C=O) groups excluding carboxylic acids is 1. The van der Waals surface area contributed by atoms with E-state index in [-0.39, 0.29) is 53.6 Å². The lowest BCUT2D eigenvalue weighted by Crippen LogP contribution is -2.56. The molecule has 1 saturated heterocycles. The number of sulfonamides is 1. The normalized spacial score (nSPS) is 32.2. The van der Waals surface area contributed by atoms with Crippen LogP contribution in [0.3, 0.4) is 0 Å². The van der Waals surface area contributed by atoms with E-state index in [1.54, 1.807) is 13.1 Å². The summed E-state index contributed by atoms with van der Waals surface area (Å²) in [4.78, 5) is 18.8. The summed E-state index contributed by atoms with van der Waals surface area (Å²) in [5.41, 5.74) is -0.292. The third-order valence-electron chi connectivity index (χ3n) is 7.78. The fourth-order valence-corrected chi connectivity index (χ4v) is 8.03. The third kappa shape index (κ3) is 3.10. The summed E-state index contributed by atoms with van der Waals surface area (Å²) >= 11 is 0. The van der Waals surface area contributed by atoms with Crippen molar-refractivity contribution in [2.75, 3.05) is 30.3 Å². The fourth-order valence-electron chi connectivity index (χ4n) is 5.74. The number of piperazine rings is 1. The molecule has 0 aromatic carbocycles. The molecule has 4 rings (SSSR count). The van der Waals surface area contributed by atoms with Crippen LogP contribution in [0, 0.1) is 29.5 Å². The number of anilines is 1. The van der Waals surface area contributed by atoms with E-state index in [0.717, 1.165) is 12.0 Å². The van der Waals surface area contributed by atoms with Gasteiger partial charge in [0, 0.05) is 43.7 Å². The zero-order chi connectivity index (χ0) is 21.2. The lowest BCUT2D eigenvalue weighted by molar-refractivity contribution is -0.128. The van der Waals surface area contributed by atoms with Crippen LogP contribution < -0.4 is 4.90 Å². The predicted molar refractivity (Wildman–Crippen MR) is 110 cm³/mol. The number of fused-ring (bicyclic) bond motifs is 2. The third-order valence-corrected chi connectivity index (χ3v) is 9.76. The van der Waals surface area contributed by atoms with Gasteiger partial charge >= 0.3 is 0 Å². The number of aromatic nitrogens is 1. The molecule has 6 nitrogen and oxygen atoms in total. The molecule has 29 heavy (non-hydrogen) atoms. The van der Waals surface area contributed by atoms with Gasteiger partial charge < -0.3 is 4.90 Å². The molecule has 0 radical (unpaired) electrons. The molecular formula is C21H30FN3O3S. The Balaban J connectivity index is 1.52. The Bertz CT molecular complexity index is 948. The number of hydrogen-bond acceptors (Lipinski definition) is 5. The van der Waals surface area contributed by atoms with Crippen molar-refractivity contribution in [3.8, 4) is 0 Å². The molecule has 0 amide bonds. The number of hydrogen-bond donors (Lipinski definition) is 0. The number of rotatable bonds is 4. The minimum Gasteiger partial charge on any atom is -0.349 e. The van der Waals surface area contributed by atoms with E-state index in [2.05, 4.69) is 18.8 Å². The van der Waals surface area contributed by atoms with E-state index < -0.39 is 15.4 Å². The van der Waals surface area contributed by atoms with Crippen LogP contribution in [-0.4, -0.2) is 54.9 Å². The Kier molecular flexibility index (Phi) is 4.81. The number of halogens is 1. The number of ketones is 1. The van der Waals surface area contributed by atoms with Gasteiger partial charge in [-0.1, -0.05) is 13.8 Å². The van der Waals surface area contributed by atoms with Crippen molar-refractivity contribution >= 4 is 21.6 Å². The van der Waals surface area contributed by atoms with Gasteiger partial charge in [-0.15, -0.1) is 0 Å². The van der Waals surface area contributed by atoms with Crippen molar-refractivity contribution in [1.82, 2.24) is 9.29 Å². The van der Waals surface area contributed by atoms with Gasteiger partial charge in [0.05, 0.1) is 5.75 Å². The maximum absolute atomic E-state index is 14.4. The average Bonchev–Trinajstić information content (AvgIpc) is 2.96. The molecule has 3 atom stereocenters. The fraction of sp³-hybridized carbons (Fsp3) is 0.714. The van der Waals surface area contributed by atoms with Gasteiger partial charge in [0.1, 0.15) is 5.78 Å². The molecule has 0 N–H and O–H groups in total. The van der Waals surface area contributed by atoms with Gasteiger partial charge in [0.2, 0.25) is 10.0 Å². The summed E-state index contributed by atoms with van der Waals surface area (Å²) in [7, 11) is -3.60. The molecule has 1 aliphatic heterocycles. The summed E-state index contributed by atoms with van der Waals surface area (Å²) < 4.78 is 42.5. The Morgan fingerprint density at radius 2 is 2.03 bits per heavy atom. The van der Waals surface area contributed by atoms with Gasteiger partial charge in [-0.2, -0.15) is 4.31 Å². The molecule has 1 aromatic rings. The van der Waals surface area contributed by atoms with Crippen molar-refractivity contribution in [3.63, 3.8) is 0 Å². The molecule has 8 heteroatoms. The first-order chi connectivity index (χ1) is 13.5. The minimum absolute atomic E-state index is 0.105. The predicted octanol–water partition coefficient (Wildman–Crippen LogP) is 2.76. The topological polar surface area (TPSA) is 70.6 Å². The van der Waals surface area contributed by atoms with Crippen LogP contribution in [0.5, 0.6) is 0 Å². The van der Waals surface area contributed by atoms with Crippen molar-refractivity contribution < 1.29 is 17.6 Å². The van der Waals surface area contributed by atoms with Gasteiger partial charge in [-0.05, 0) is 49.7 Å². The molecule has 1 aromatic heterocycles. The van der Waals surface area contributed by atoms with Crippen molar-refractivity contribution in [2.24, 2.45) is 16.7 Å². The van der Waals surface area contributed by atoms with Crippen LogP contribution in [0.15, 0.2) is 12.3 Å². The standard InChI is InChI=1S/C21H30FN3O3S/c1-14-9-17(22)19(23-11-14)25-8-7-24(12-15(25)2)29(27,28)13-21-6-5-16(10-18(21)26)20(21,3)4/h9,11,15-16H,5-8,10,12-13H2,1-4H3/t15-,16?,21?/m0/s1. The Morgan fingerprint density at radius 1 is 1.31 bits per heavy atom. The Morgan fingerprint density at radius 3 is 2.59 bits per heavy atom. The van der Waals surface area contributed by atoms with Gasteiger partial charge in [0.25, 0.3) is 0 Å². The molecule has 3 fully saturated rings. The number of carbonyl (C=O) groups is 1. The highest BCUT2D eigenvalue weighted by molar-refractivity contribution is 7.89. The van der Waals surface area contributed by atoms with E-state index in [1.165, 1.54) is 10.4 Å². The maximum atomic E-state index is 14.4. The smallest absolute Gasteiger partial charge is 0.215 e. The van der Waals surface area contributed by atoms with Gasteiger partial charge in [0.15, 0.2) is 11.6 Å². The van der Waals surface area contributed by atoms with Gasteiger partial charge in [-0.3, -0.25) is 4.79 Å². The maximum Gasteiger partial charge on any atom is 0.215 e. The first-order valence-corrected chi connectivity index (χ1v) is 12.0. The van der Waals surface area contributed by atoms with E-state index >= 15 is 0 Å². The first-order valence-electron chi connectivity index (χ1n) is 10.4. The minimum atomic E-state index is -3.60. The van der Waals surface area contributed by atoms with Crippen LogP contribution in [0.2, 0.25) is 0 Å². The zero-order valence-electron chi connectivity index (χ0n) is 17.6.